The number of ether oxygens (including phenoxy) is 4. The van der Waals surface area contributed by atoms with E-state index in [9.17, 15) is 30.6 Å². The van der Waals surface area contributed by atoms with Crippen LogP contribution in [-0.2, 0) is 18.9 Å². The molecule has 0 saturated carbocycles. The maximum Gasteiger partial charge on any atom is 0.187 e. The molecule has 0 bridgehead atoms. The van der Waals surface area contributed by atoms with Gasteiger partial charge in [-0.2, -0.15) is 0 Å². The molecule has 168 valence electrons. The van der Waals surface area contributed by atoms with E-state index in [0.29, 0.717) is 0 Å². The summed E-state index contributed by atoms with van der Waals surface area (Å²) in [6.45, 7) is -0.478. The van der Waals surface area contributed by atoms with Gasteiger partial charge in [-0.3, -0.25) is 0 Å². The van der Waals surface area contributed by atoms with Gasteiger partial charge in [0.05, 0.1) is 19.8 Å². The number of aliphatic hydroxyl groups excluding tert-OH is 6. The summed E-state index contributed by atoms with van der Waals surface area (Å²) in [7, 11) is 0. The molecule has 6 N–H and O–H groups in total. The fraction of sp³-hybridized carbons (Fsp3) is 0.600. The van der Waals surface area contributed by atoms with Gasteiger partial charge < -0.3 is 49.6 Å². The van der Waals surface area contributed by atoms with Crippen LogP contribution in [0.3, 0.4) is 0 Å². The highest BCUT2D eigenvalue weighted by Crippen LogP contribution is 2.24. The molecule has 9 atom stereocenters. The lowest BCUT2D eigenvalue weighted by Gasteiger charge is -2.41. The van der Waals surface area contributed by atoms with E-state index in [1.165, 1.54) is 0 Å². The summed E-state index contributed by atoms with van der Waals surface area (Å²) in [4.78, 5) is 0. The second-order valence-electron chi connectivity index (χ2n) is 7.24. The molecule has 0 spiro atoms. The van der Waals surface area contributed by atoms with Gasteiger partial charge in [-0.1, -0.05) is 42.5 Å². The first-order valence-corrected chi connectivity index (χ1v) is 9.68. The molecule has 0 radical (unpaired) electrons. The van der Waals surface area contributed by atoms with E-state index in [2.05, 4.69) is 0 Å². The van der Waals surface area contributed by atoms with Crippen LogP contribution in [0.5, 0.6) is 0 Å². The largest absolute Gasteiger partial charge is 0.388 e. The Morgan fingerprint density at radius 2 is 1.53 bits per heavy atom. The van der Waals surface area contributed by atoms with Crippen molar-refractivity contribution >= 4 is 6.08 Å². The third kappa shape index (κ3) is 5.62. The van der Waals surface area contributed by atoms with E-state index in [1.807, 2.05) is 36.4 Å². The third-order valence-electron chi connectivity index (χ3n) is 5.01. The van der Waals surface area contributed by atoms with Crippen LogP contribution in [0, 0.1) is 0 Å². The fourth-order valence-corrected chi connectivity index (χ4v) is 3.21. The minimum atomic E-state index is -1.54. The molecule has 0 aromatic heterocycles. The third-order valence-corrected chi connectivity index (χ3v) is 5.01. The van der Waals surface area contributed by atoms with Crippen molar-refractivity contribution in [2.75, 3.05) is 19.8 Å². The molecule has 30 heavy (non-hydrogen) atoms. The van der Waals surface area contributed by atoms with Crippen molar-refractivity contribution in [3.8, 4) is 0 Å². The molecule has 10 nitrogen and oxygen atoms in total. The maximum absolute atomic E-state index is 10.2. The molecule has 2 saturated heterocycles. The van der Waals surface area contributed by atoms with Gasteiger partial charge in [0, 0.05) is 0 Å². The molecule has 1 aromatic rings. The average Bonchev–Trinajstić information content (AvgIpc) is 2.76. The molecule has 2 fully saturated rings. The van der Waals surface area contributed by atoms with Gasteiger partial charge in [0.1, 0.15) is 42.7 Å². The number of hydrogen-bond acceptors (Lipinski definition) is 10. The molecule has 10 heteroatoms. The Hall–Kier alpha value is -1.44. The van der Waals surface area contributed by atoms with Gasteiger partial charge in [-0.15, -0.1) is 0 Å². The second-order valence-corrected chi connectivity index (χ2v) is 7.24. The maximum atomic E-state index is 10.2. The molecular weight excluding hydrogens is 400 g/mol. The Morgan fingerprint density at radius 1 is 0.833 bits per heavy atom. The van der Waals surface area contributed by atoms with Crippen LogP contribution in [0.25, 0.3) is 6.08 Å². The van der Waals surface area contributed by atoms with E-state index in [-0.39, 0.29) is 19.8 Å². The normalized spacial score (nSPS) is 40.0. The summed E-state index contributed by atoms with van der Waals surface area (Å²) in [5, 5.41) is 59.4. The van der Waals surface area contributed by atoms with Crippen molar-refractivity contribution in [3.05, 3.63) is 42.0 Å². The number of aliphatic hydroxyl groups is 6. The highest BCUT2D eigenvalue weighted by Gasteiger charge is 2.45. The van der Waals surface area contributed by atoms with Crippen molar-refractivity contribution in [2.45, 2.75) is 55.3 Å². The van der Waals surface area contributed by atoms with Gasteiger partial charge in [-0.25, -0.2) is 0 Å². The predicted molar refractivity (Wildman–Crippen MR) is 102 cm³/mol. The van der Waals surface area contributed by atoms with E-state index >= 15 is 0 Å². The van der Waals surface area contributed by atoms with Gasteiger partial charge in [-0.05, 0) is 5.56 Å². The second kappa shape index (κ2) is 10.7. The van der Waals surface area contributed by atoms with Crippen LogP contribution in [0.2, 0.25) is 0 Å². The zero-order chi connectivity index (χ0) is 21.7. The predicted octanol–water partition coefficient (Wildman–Crippen LogP) is -2.02. The number of hydrogen-bond donors (Lipinski definition) is 6. The quantitative estimate of drug-likeness (QED) is 0.286. The Balaban J connectivity index is 1.52. The molecule has 2 heterocycles. The molecule has 0 aliphatic carbocycles. The van der Waals surface area contributed by atoms with Crippen LogP contribution < -0.4 is 0 Å². The molecule has 1 aromatic carbocycles. The van der Waals surface area contributed by atoms with Gasteiger partial charge >= 0.3 is 0 Å². The topological polar surface area (TPSA) is 158 Å². The SMILES string of the molecule is O[C@@H]1[C@@H](O)[C@H](OC/C=C/c2ccccc2)O[C@H](CO[C@H]2OC[C@@H](O)[C@H](O)[C@H]2O)[C@H]1O. The monoisotopic (exact) mass is 428 g/mol. The lowest BCUT2D eigenvalue weighted by atomic mass is 9.99. The summed E-state index contributed by atoms with van der Waals surface area (Å²) in [6.07, 6.45) is -8.71. The Morgan fingerprint density at radius 3 is 2.27 bits per heavy atom. The summed E-state index contributed by atoms with van der Waals surface area (Å²) in [5.74, 6) is 0. The fourth-order valence-electron chi connectivity index (χ4n) is 3.21. The Labute approximate surface area is 173 Å². The molecule has 0 unspecified atom stereocenters. The van der Waals surface area contributed by atoms with Crippen molar-refractivity contribution in [1.29, 1.82) is 0 Å². The van der Waals surface area contributed by atoms with Crippen LogP contribution in [-0.4, -0.2) is 106 Å². The number of rotatable bonds is 7. The first-order chi connectivity index (χ1) is 14.4. The van der Waals surface area contributed by atoms with E-state index in [0.717, 1.165) is 5.56 Å². The lowest BCUT2D eigenvalue weighted by molar-refractivity contribution is -0.319. The summed E-state index contributed by atoms with van der Waals surface area (Å²) in [5.41, 5.74) is 0.964. The zero-order valence-electron chi connectivity index (χ0n) is 16.2. The summed E-state index contributed by atoms with van der Waals surface area (Å²) < 4.78 is 21.5. The molecule has 2 aliphatic heterocycles. The van der Waals surface area contributed by atoms with Gasteiger partial charge in [0.15, 0.2) is 12.6 Å². The Kier molecular flexibility index (Phi) is 8.31. The molecule has 3 rings (SSSR count). The first-order valence-electron chi connectivity index (χ1n) is 9.68. The number of benzene rings is 1. The van der Waals surface area contributed by atoms with Crippen molar-refractivity contribution in [2.24, 2.45) is 0 Å². The summed E-state index contributed by atoms with van der Waals surface area (Å²) in [6, 6.07) is 9.50. The van der Waals surface area contributed by atoms with Gasteiger partial charge in [0.2, 0.25) is 0 Å². The van der Waals surface area contributed by atoms with Crippen LogP contribution >= 0.6 is 0 Å². The highest BCUT2D eigenvalue weighted by atomic mass is 16.7. The van der Waals surface area contributed by atoms with Crippen LogP contribution in [0.1, 0.15) is 5.56 Å². The van der Waals surface area contributed by atoms with Crippen LogP contribution in [0.15, 0.2) is 36.4 Å². The summed E-state index contributed by atoms with van der Waals surface area (Å²) >= 11 is 0. The first kappa shape index (κ1) is 23.2. The van der Waals surface area contributed by atoms with Crippen molar-refractivity contribution in [1.82, 2.24) is 0 Å². The minimum absolute atomic E-state index is 0.0849. The van der Waals surface area contributed by atoms with E-state index in [4.69, 9.17) is 18.9 Å². The van der Waals surface area contributed by atoms with Crippen molar-refractivity contribution in [3.63, 3.8) is 0 Å². The Bertz CT molecular complexity index is 671. The average molecular weight is 428 g/mol. The molecular formula is C20H28O10. The minimum Gasteiger partial charge on any atom is -0.388 e. The van der Waals surface area contributed by atoms with Crippen molar-refractivity contribution < 1.29 is 49.6 Å². The van der Waals surface area contributed by atoms with E-state index in [1.54, 1.807) is 6.08 Å². The van der Waals surface area contributed by atoms with Gasteiger partial charge in [0.25, 0.3) is 0 Å². The smallest absolute Gasteiger partial charge is 0.187 e. The zero-order valence-corrected chi connectivity index (χ0v) is 16.2. The van der Waals surface area contributed by atoms with E-state index < -0.39 is 55.3 Å². The van der Waals surface area contributed by atoms with Crippen LogP contribution in [0.4, 0.5) is 0 Å². The lowest BCUT2D eigenvalue weighted by Crippen LogP contribution is -2.60. The molecule has 2 aliphatic rings. The standard InChI is InChI=1S/C20H28O10/c21-12-9-28-19(17(25)14(12)22)29-10-13-15(23)16(24)18(26)20(30-13)27-8-4-7-11-5-2-1-3-6-11/h1-7,12-26H,8-10H2/b7-4+/t12-,13-,14+,15-,16+,17-,18-,19-,20-/m1/s1. The molecule has 0 amide bonds. The highest BCUT2D eigenvalue weighted by molar-refractivity contribution is 5.48.